The summed E-state index contributed by atoms with van der Waals surface area (Å²) in [6.45, 7) is 2.99. The number of aromatic nitrogens is 3. The summed E-state index contributed by atoms with van der Waals surface area (Å²) in [7, 11) is -1.15. The van der Waals surface area contributed by atoms with Crippen LogP contribution in [0.1, 0.15) is 19.8 Å². The van der Waals surface area contributed by atoms with Gasteiger partial charge in [-0.15, -0.1) is 0 Å². The Labute approximate surface area is 130 Å². The van der Waals surface area contributed by atoms with Crippen LogP contribution in [-0.2, 0) is 10.0 Å². The number of hydrogen-bond donors (Lipinski definition) is 1. The quantitative estimate of drug-likeness (QED) is 0.894. The molecule has 0 bridgehead atoms. The summed E-state index contributed by atoms with van der Waals surface area (Å²) in [4.78, 5) is 13.7. The number of aromatic amines is 1. The molecule has 0 saturated carbocycles. The second-order valence-electron chi connectivity index (χ2n) is 5.66. The van der Waals surface area contributed by atoms with E-state index in [1.807, 2.05) is 26.2 Å². The van der Waals surface area contributed by atoms with E-state index in [-0.39, 0.29) is 11.8 Å². The Kier molecular flexibility index (Phi) is 4.05. The number of anilines is 1. The lowest BCUT2D eigenvalue weighted by atomic mass is 10.2. The van der Waals surface area contributed by atoms with E-state index in [0.29, 0.717) is 19.5 Å². The van der Waals surface area contributed by atoms with Crippen LogP contribution >= 0.6 is 0 Å². The van der Waals surface area contributed by atoms with Crippen molar-refractivity contribution in [3.8, 4) is 0 Å². The van der Waals surface area contributed by atoms with E-state index in [1.54, 1.807) is 4.31 Å². The van der Waals surface area contributed by atoms with Crippen molar-refractivity contribution >= 4 is 26.9 Å². The van der Waals surface area contributed by atoms with E-state index in [0.717, 1.165) is 23.3 Å². The highest BCUT2D eigenvalue weighted by Crippen LogP contribution is 2.26. The van der Waals surface area contributed by atoms with Crippen molar-refractivity contribution in [3.63, 3.8) is 0 Å². The zero-order valence-electron chi connectivity index (χ0n) is 12.9. The lowest BCUT2D eigenvalue weighted by molar-refractivity contribution is 0.470. The molecular weight excluding hydrogens is 302 g/mol. The van der Waals surface area contributed by atoms with E-state index in [9.17, 15) is 8.42 Å². The minimum absolute atomic E-state index is 0.139. The molecule has 0 aliphatic carbocycles. The van der Waals surface area contributed by atoms with Crippen LogP contribution in [0.3, 0.4) is 0 Å². The van der Waals surface area contributed by atoms with Crippen LogP contribution in [0.15, 0.2) is 18.6 Å². The molecular formula is C14H21N5O2S. The first-order valence-electron chi connectivity index (χ1n) is 7.51. The van der Waals surface area contributed by atoms with Crippen molar-refractivity contribution in [2.24, 2.45) is 0 Å². The van der Waals surface area contributed by atoms with E-state index in [4.69, 9.17) is 0 Å². The largest absolute Gasteiger partial charge is 0.355 e. The predicted molar refractivity (Wildman–Crippen MR) is 86.3 cm³/mol. The molecule has 1 fully saturated rings. The van der Waals surface area contributed by atoms with Crippen molar-refractivity contribution in [3.05, 3.63) is 18.6 Å². The molecule has 22 heavy (non-hydrogen) atoms. The molecule has 2 aromatic heterocycles. The van der Waals surface area contributed by atoms with Crippen LogP contribution in [-0.4, -0.2) is 59.6 Å². The maximum atomic E-state index is 12.2. The number of H-pyrrole nitrogens is 1. The standard InChI is InChI=1S/C14H21N5O2S/c1-3-8-22(20,21)19-7-5-11(9-19)18(2)14-12-4-6-15-13(12)16-10-17-14/h4,6,10-11H,3,5,7-9H2,1-2H3,(H,15,16,17). The van der Waals surface area contributed by atoms with Gasteiger partial charge in [0.05, 0.1) is 11.1 Å². The van der Waals surface area contributed by atoms with Gasteiger partial charge < -0.3 is 9.88 Å². The van der Waals surface area contributed by atoms with E-state index < -0.39 is 10.0 Å². The molecule has 120 valence electrons. The van der Waals surface area contributed by atoms with Gasteiger partial charge in [0.25, 0.3) is 0 Å². The van der Waals surface area contributed by atoms with Crippen LogP contribution in [0, 0.1) is 0 Å². The minimum atomic E-state index is -3.12. The number of nitrogens with one attached hydrogen (secondary N) is 1. The van der Waals surface area contributed by atoms with Crippen LogP contribution in [0.2, 0.25) is 0 Å². The Balaban J connectivity index is 1.80. The molecule has 0 spiro atoms. The monoisotopic (exact) mass is 323 g/mol. The number of rotatable bonds is 5. The maximum Gasteiger partial charge on any atom is 0.214 e. The molecule has 1 saturated heterocycles. The topological polar surface area (TPSA) is 82.2 Å². The summed E-state index contributed by atoms with van der Waals surface area (Å²) in [5.41, 5.74) is 0.797. The molecule has 7 nitrogen and oxygen atoms in total. The number of likely N-dealkylation sites (N-methyl/N-ethyl adjacent to an activating group) is 1. The summed E-state index contributed by atoms with van der Waals surface area (Å²) >= 11 is 0. The van der Waals surface area contributed by atoms with Crippen LogP contribution in [0.25, 0.3) is 11.0 Å². The van der Waals surface area contributed by atoms with Crippen molar-refractivity contribution in [1.29, 1.82) is 0 Å². The van der Waals surface area contributed by atoms with Gasteiger partial charge >= 0.3 is 0 Å². The van der Waals surface area contributed by atoms with Crippen LogP contribution < -0.4 is 4.90 Å². The molecule has 0 aromatic carbocycles. The zero-order valence-corrected chi connectivity index (χ0v) is 13.7. The molecule has 3 heterocycles. The average molecular weight is 323 g/mol. The van der Waals surface area contributed by atoms with Crippen molar-refractivity contribution in [2.45, 2.75) is 25.8 Å². The molecule has 1 aliphatic heterocycles. The molecule has 1 aliphatic rings. The second kappa shape index (κ2) is 5.85. The predicted octanol–water partition coefficient (Wildman–Crippen LogP) is 1.21. The summed E-state index contributed by atoms with van der Waals surface area (Å²) in [5, 5.41) is 0.958. The summed E-state index contributed by atoms with van der Waals surface area (Å²) in [6, 6.07) is 2.08. The lowest BCUT2D eigenvalue weighted by Gasteiger charge is -2.26. The first-order valence-corrected chi connectivity index (χ1v) is 9.12. The Morgan fingerprint density at radius 1 is 1.45 bits per heavy atom. The summed E-state index contributed by atoms with van der Waals surface area (Å²) in [5.74, 6) is 1.06. The number of fused-ring (bicyclic) bond motifs is 1. The van der Waals surface area contributed by atoms with Gasteiger partial charge in [-0.3, -0.25) is 0 Å². The number of hydrogen-bond acceptors (Lipinski definition) is 5. The van der Waals surface area contributed by atoms with E-state index in [2.05, 4.69) is 19.9 Å². The fourth-order valence-corrected chi connectivity index (χ4v) is 4.54. The normalized spacial score (nSPS) is 19.8. The van der Waals surface area contributed by atoms with Crippen molar-refractivity contribution in [1.82, 2.24) is 19.3 Å². The maximum absolute atomic E-state index is 12.2. The molecule has 3 rings (SSSR count). The van der Waals surface area contributed by atoms with Crippen molar-refractivity contribution < 1.29 is 8.42 Å². The highest BCUT2D eigenvalue weighted by atomic mass is 32.2. The Hall–Kier alpha value is -1.67. The summed E-state index contributed by atoms with van der Waals surface area (Å²) < 4.78 is 26.0. The van der Waals surface area contributed by atoms with Gasteiger partial charge in [0.2, 0.25) is 10.0 Å². The van der Waals surface area contributed by atoms with E-state index in [1.165, 1.54) is 6.33 Å². The molecule has 0 radical (unpaired) electrons. The fourth-order valence-electron chi connectivity index (χ4n) is 2.98. The minimum Gasteiger partial charge on any atom is -0.355 e. The highest BCUT2D eigenvalue weighted by Gasteiger charge is 2.33. The molecule has 1 unspecified atom stereocenters. The molecule has 1 atom stereocenters. The van der Waals surface area contributed by atoms with Gasteiger partial charge in [-0.2, -0.15) is 4.31 Å². The smallest absolute Gasteiger partial charge is 0.214 e. The summed E-state index contributed by atoms with van der Waals surface area (Å²) in [6.07, 6.45) is 4.83. The Morgan fingerprint density at radius 2 is 2.27 bits per heavy atom. The molecule has 8 heteroatoms. The first kappa shape index (κ1) is 15.2. The lowest BCUT2D eigenvalue weighted by Crippen LogP contribution is -2.37. The van der Waals surface area contributed by atoms with Gasteiger partial charge in [-0.25, -0.2) is 18.4 Å². The zero-order chi connectivity index (χ0) is 15.7. The Morgan fingerprint density at radius 3 is 3.05 bits per heavy atom. The third-order valence-electron chi connectivity index (χ3n) is 4.20. The van der Waals surface area contributed by atoms with Crippen LogP contribution in [0.4, 0.5) is 5.82 Å². The van der Waals surface area contributed by atoms with Gasteiger partial charge in [-0.05, 0) is 18.9 Å². The van der Waals surface area contributed by atoms with Crippen LogP contribution in [0.5, 0.6) is 0 Å². The second-order valence-corrected chi connectivity index (χ2v) is 7.75. The van der Waals surface area contributed by atoms with Gasteiger partial charge in [0.1, 0.15) is 17.8 Å². The third-order valence-corrected chi connectivity index (χ3v) is 6.24. The Bertz CT molecular complexity index is 757. The third kappa shape index (κ3) is 2.68. The molecule has 1 N–H and O–H groups in total. The molecule has 0 amide bonds. The van der Waals surface area contributed by atoms with Gasteiger partial charge in [0.15, 0.2) is 0 Å². The number of nitrogens with zero attached hydrogens (tertiary/aromatic N) is 4. The number of sulfonamides is 1. The average Bonchev–Trinajstić information content (AvgIpc) is 3.15. The van der Waals surface area contributed by atoms with Crippen molar-refractivity contribution in [2.75, 3.05) is 30.8 Å². The molecule has 2 aromatic rings. The van der Waals surface area contributed by atoms with Gasteiger partial charge in [-0.1, -0.05) is 6.92 Å². The SMILES string of the molecule is CCCS(=O)(=O)N1CCC(N(C)c2ncnc3[nH]ccc23)C1. The van der Waals surface area contributed by atoms with E-state index >= 15 is 0 Å². The highest BCUT2D eigenvalue weighted by molar-refractivity contribution is 7.89. The first-order chi connectivity index (χ1) is 10.5. The van der Waals surface area contributed by atoms with Gasteiger partial charge in [0, 0.05) is 32.4 Å². The fraction of sp³-hybridized carbons (Fsp3) is 0.571.